The number of carbonyl (C=O) groups excluding carboxylic acids is 1. The summed E-state index contributed by atoms with van der Waals surface area (Å²) < 4.78 is 11.2. The highest BCUT2D eigenvalue weighted by molar-refractivity contribution is 5.91. The molecule has 4 rings (SSSR count). The van der Waals surface area contributed by atoms with Gasteiger partial charge in [-0.2, -0.15) is 0 Å². The third kappa shape index (κ3) is 3.39. The third-order valence-corrected chi connectivity index (χ3v) is 5.13. The first-order valence-corrected chi connectivity index (χ1v) is 8.81. The molecule has 4 heterocycles. The van der Waals surface area contributed by atoms with Gasteiger partial charge in [0.25, 0.3) is 5.91 Å². The second kappa shape index (κ2) is 6.88. The number of hydrogen-bond acceptors (Lipinski definition) is 5. The average molecular weight is 341 g/mol. The minimum Gasteiger partial charge on any atom is -0.459 e. The summed E-state index contributed by atoms with van der Waals surface area (Å²) >= 11 is 0. The summed E-state index contributed by atoms with van der Waals surface area (Å²) in [5.41, 5.74) is 1.06. The molecule has 2 aromatic heterocycles. The highest BCUT2D eigenvalue weighted by Crippen LogP contribution is 2.35. The van der Waals surface area contributed by atoms with Crippen LogP contribution in [0.25, 0.3) is 0 Å². The van der Waals surface area contributed by atoms with Crippen molar-refractivity contribution >= 4 is 11.6 Å². The number of furan rings is 1. The van der Waals surface area contributed by atoms with Crippen LogP contribution in [0.15, 0.2) is 47.3 Å². The summed E-state index contributed by atoms with van der Waals surface area (Å²) in [6, 6.07) is 7.53. The Morgan fingerprint density at radius 1 is 1.20 bits per heavy atom. The highest BCUT2D eigenvalue weighted by atomic mass is 16.5. The molecule has 1 atom stereocenters. The van der Waals surface area contributed by atoms with Crippen molar-refractivity contribution in [3.05, 3.63) is 48.7 Å². The van der Waals surface area contributed by atoms with E-state index in [1.807, 2.05) is 17.2 Å². The molecule has 0 radical (unpaired) electrons. The minimum atomic E-state index is -0.0488. The molecule has 0 unspecified atom stereocenters. The van der Waals surface area contributed by atoms with Crippen LogP contribution in [0.1, 0.15) is 23.4 Å². The van der Waals surface area contributed by atoms with E-state index in [9.17, 15) is 4.79 Å². The van der Waals surface area contributed by atoms with Gasteiger partial charge in [0, 0.05) is 37.8 Å². The molecule has 6 nitrogen and oxygen atoms in total. The SMILES string of the molecule is O=C(c1ccco1)N1CCC[C@]2(COCCN(c3cccnc3)C2)C1. The van der Waals surface area contributed by atoms with Gasteiger partial charge in [0.1, 0.15) is 0 Å². The second-order valence-electron chi connectivity index (χ2n) is 6.99. The van der Waals surface area contributed by atoms with Gasteiger partial charge in [-0.05, 0) is 37.1 Å². The lowest BCUT2D eigenvalue weighted by Crippen LogP contribution is -2.52. The number of rotatable bonds is 2. The molecular formula is C19H23N3O3. The maximum absolute atomic E-state index is 12.7. The van der Waals surface area contributed by atoms with E-state index in [0.29, 0.717) is 25.5 Å². The van der Waals surface area contributed by atoms with Crippen LogP contribution in [0.3, 0.4) is 0 Å². The summed E-state index contributed by atoms with van der Waals surface area (Å²) in [5.74, 6) is 0.386. The van der Waals surface area contributed by atoms with Crippen molar-refractivity contribution < 1.29 is 13.9 Å². The van der Waals surface area contributed by atoms with E-state index in [1.54, 1.807) is 24.6 Å². The maximum Gasteiger partial charge on any atom is 0.289 e. The van der Waals surface area contributed by atoms with E-state index in [0.717, 1.165) is 38.2 Å². The monoisotopic (exact) mass is 341 g/mol. The molecule has 132 valence electrons. The molecule has 25 heavy (non-hydrogen) atoms. The molecule has 0 N–H and O–H groups in total. The number of pyridine rings is 1. The van der Waals surface area contributed by atoms with Crippen LogP contribution in [0, 0.1) is 5.41 Å². The van der Waals surface area contributed by atoms with Gasteiger partial charge in [-0.3, -0.25) is 9.78 Å². The third-order valence-electron chi connectivity index (χ3n) is 5.13. The second-order valence-corrected chi connectivity index (χ2v) is 6.99. The standard InChI is InChI=1S/C19H23N3O3/c23-18(17-5-2-10-25-17)22-8-3-6-19(14-22)13-21(9-11-24-15-19)16-4-1-7-20-12-16/h1-2,4-5,7,10,12H,3,6,8-9,11,13-15H2/t19-/m1/s1. The number of likely N-dealkylation sites (tertiary alicyclic amines) is 1. The molecule has 0 bridgehead atoms. The first kappa shape index (κ1) is 16.1. The normalized spacial score (nSPS) is 24.3. The zero-order valence-electron chi connectivity index (χ0n) is 14.3. The smallest absolute Gasteiger partial charge is 0.289 e. The number of aromatic nitrogens is 1. The van der Waals surface area contributed by atoms with Crippen LogP contribution < -0.4 is 4.90 Å². The van der Waals surface area contributed by atoms with E-state index in [2.05, 4.69) is 16.0 Å². The zero-order chi connectivity index (χ0) is 17.1. The van der Waals surface area contributed by atoms with Crippen LogP contribution in [-0.2, 0) is 4.74 Å². The highest BCUT2D eigenvalue weighted by Gasteiger charge is 2.40. The van der Waals surface area contributed by atoms with E-state index in [1.165, 1.54) is 0 Å². The van der Waals surface area contributed by atoms with Crippen molar-refractivity contribution in [3.8, 4) is 0 Å². The lowest BCUT2D eigenvalue weighted by molar-refractivity contribution is 0.0123. The fraction of sp³-hybridized carbons (Fsp3) is 0.474. The molecular weight excluding hydrogens is 318 g/mol. The van der Waals surface area contributed by atoms with Crippen molar-refractivity contribution in [2.75, 3.05) is 44.3 Å². The van der Waals surface area contributed by atoms with Crippen molar-refractivity contribution in [2.45, 2.75) is 12.8 Å². The minimum absolute atomic E-state index is 0.0266. The average Bonchev–Trinajstić information content (AvgIpc) is 3.12. The molecule has 6 heteroatoms. The van der Waals surface area contributed by atoms with Crippen LogP contribution >= 0.6 is 0 Å². The lowest BCUT2D eigenvalue weighted by atomic mass is 9.80. The van der Waals surface area contributed by atoms with Crippen molar-refractivity contribution in [1.29, 1.82) is 0 Å². The number of piperidine rings is 1. The predicted molar refractivity (Wildman–Crippen MR) is 93.5 cm³/mol. The topological polar surface area (TPSA) is 58.8 Å². The Morgan fingerprint density at radius 3 is 2.96 bits per heavy atom. The first-order chi connectivity index (χ1) is 12.3. The van der Waals surface area contributed by atoms with Gasteiger partial charge < -0.3 is 19.0 Å². The largest absolute Gasteiger partial charge is 0.459 e. The maximum atomic E-state index is 12.7. The lowest BCUT2D eigenvalue weighted by Gasteiger charge is -2.43. The van der Waals surface area contributed by atoms with Crippen molar-refractivity contribution in [3.63, 3.8) is 0 Å². The van der Waals surface area contributed by atoms with Gasteiger partial charge in [-0.1, -0.05) is 0 Å². The molecule has 0 saturated carbocycles. The molecule has 2 fully saturated rings. The molecule has 0 aliphatic carbocycles. The number of ether oxygens (including phenoxy) is 1. The Hall–Kier alpha value is -2.34. The molecule has 2 aliphatic heterocycles. The van der Waals surface area contributed by atoms with E-state index >= 15 is 0 Å². The Kier molecular flexibility index (Phi) is 4.44. The van der Waals surface area contributed by atoms with Crippen molar-refractivity contribution in [1.82, 2.24) is 9.88 Å². The summed E-state index contributed by atoms with van der Waals surface area (Å²) in [4.78, 5) is 21.2. The van der Waals surface area contributed by atoms with Crippen LogP contribution in [0.5, 0.6) is 0 Å². The molecule has 2 saturated heterocycles. The van der Waals surface area contributed by atoms with Crippen LogP contribution in [-0.4, -0.2) is 55.2 Å². The molecule has 2 aromatic rings. The number of anilines is 1. The van der Waals surface area contributed by atoms with E-state index in [-0.39, 0.29) is 11.3 Å². The van der Waals surface area contributed by atoms with Crippen LogP contribution in [0.4, 0.5) is 5.69 Å². The molecule has 0 aromatic carbocycles. The number of hydrogen-bond donors (Lipinski definition) is 0. The fourth-order valence-corrected chi connectivity index (χ4v) is 3.94. The summed E-state index contributed by atoms with van der Waals surface area (Å²) in [6.07, 6.45) is 7.28. The van der Waals surface area contributed by atoms with Crippen molar-refractivity contribution in [2.24, 2.45) is 5.41 Å². The quantitative estimate of drug-likeness (QED) is 0.840. The van der Waals surface area contributed by atoms with E-state index < -0.39 is 0 Å². The van der Waals surface area contributed by atoms with Gasteiger partial charge in [0.05, 0.1) is 31.4 Å². The van der Waals surface area contributed by atoms with Gasteiger partial charge in [0.15, 0.2) is 5.76 Å². The fourth-order valence-electron chi connectivity index (χ4n) is 3.94. The van der Waals surface area contributed by atoms with Gasteiger partial charge in [-0.15, -0.1) is 0 Å². The summed E-state index contributed by atoms with van der Waals surface area (Å²) in [7, 11) is 0. The summed E-state index contributed by atoms with van der Waals surface area (Å²) in [6.45, 7) is 4.58. The van der Waals surface area contributed by atoms with Crippen LogP contribution in [0.2, 0.25) is 0 Å². The molecule has 2 aliphatic rings. The Balaban J connectivity index is 1.53. The first-order valence-electron chi connectivity index (χ1n) is 8.81. The molecule has 1 amide bonds. The van der Waals surface area contributed by atoms with Gasteiger partial charge in [0.2, 0.25) is 0 Å². The number of carbonyl (C=O) groups is 1. The number of nitrogens with zero attached hydrogens (tertiary/aromatic N) is 3. The Morgan fingerprint density at radius 2 is 2.16 bits per heavy atom. The van der Waals surface area contributed by atoms with Gasteiger partial charge in [-0.25, -0.2) is 0 Å². The summed E-state index contributed by atoms with van der Waals surface area (Å²) in [5, 5.41) is 0. The Bertz CT molecular complexity index is 704. The van der Waals surface area contributed by atoms with E-state index in [4.69, 9.17) is 9.15 Å². The predicted octanol–water partition coefficient (Wildman–Crippen LogP) is 2.43. The van der Waals surface area contributed by atoms with Gasteiger partial charge >= 0.3 is 0 Å². The number of amides is 1. The zero-order valence-corrected chi connectivity index (χ0v) is 14.3. The molecule has 1 spiro atoms. The Labute approximate surface area is 147 Å².